The van der Waals surface area contributed by atoms with Crippen molar-refractivity contribution >= 4 is 11.4 Å². The van der Waals surface area contributed by atoms with Gasteiger partial charge in [-0.3, -0.25) is 0 Å². The first-order valence-electron chi connectivity index (χ1n) is 25.6. The Hall–Kier alpha value is -5.22. The number of allylic oxidation sites excluding steroid dienone is 2. The Balaban J connectivity index is 0.000000493. The third-order valence-electron chi connectivity index (χ3n) is 11.3. The van der Waals surface area contributed by atoms with Gasteiger partial charge in [0.1, 0.15) is 0 Å². The molecule has 0 aliphatic carbocycles. The van der Waals surface area contributed by atoms with Gasteiger partial charge in [0, 0.05) is 70.2 Å². The van der Waals surface area contributed by atoms with Gasteiger partial charge in [-0.2, -0.15) is 0 Å². The van der Waals surface area contributed by atoms with Crippen molar-refractivity contribution < 1.29 is 30.3 Å². The third-order valence-corrected chi connectivity index (χ3v) is 12.1. The summed E-state index contributed by atoms with van der Waals surface area (Å²) in [7, 11) is 0. The van der Waals surface area contributed by atoms with E-state index in [2.05, 4.69) is 125 Å². The normalized spacial score (nSPS) is 11.7. The number of rotatable bonds is 23. The van der Waals surface area contributed by atoms with Gasteiger partial charge in [-0.15, -0.1) is 0 Å². The quantitative estimate of drug-likeness (QED) is 0.0322. The standard InChI is InChI=1S/C49H62N2.2C7H7O.Pd/c1-7-13-19-24-28-40-34-41(29-25-20-14-8-2)37-44(36-40)48-46(32-18-12-6)47(33-23-17-11-5)49(51(48)50)45-38-42(30-26-21-15-9-3)35-43(39-45)31-27-22-16-10-4;2*8-6-7-4-2-1-3-5-7;/h34-39H,7-23,32-33H2,1-6H3;2*1-5H,6H2;/q;2*-1;+2. The van der Waals surface area contributed by atoms with E-state index in [4.69, 9.17) is 6.92 Å². The Morgan fingerprint density at radius 2 is 0.765 bits per heavy atom. The van der Waals surface area contributed by atoms with Crippen LogP contribution in [0.4, 0.5) is 0 Å². The van der Waals surface area contributed by atoms with Gasteiger partial charge in [0.05, 0.1) is 0 Å². The molecule has 4 aromatic carbocycles. The van der Waals surface area contributed by atoms with Crippen LogP contribution in [-0.2, 0) is 38.9 Å². The van der Waals surface area contributed by atoms with Gasteiger partial charge in [0.25, 0.3) is 0 Å². The van der Waals surface area contributed by atoms with Crippen LogP contribution in [0.15, 0.2) is 108 Å². The fourth-order valence-corrected chi connectivity index (χ4v) is 8.37. The fourth-order valence-electron chi connectivity index (χ4n) is 7.54. The predicted molar refractivity (Wildman–Crippen MR) is 282 cm³/mol. The Morgan fingerprint density at radius 3 is 1.10 bits per heavy atom. The van der Waals surface area contributed by atoms with E-state index in [-0.39, 0.29) is 18.7 Å². The van der Waals surface area contributed by atoms with Crippen molar-refractivity contribution in [3.63, 3.8) is 0 Å². The fraction of sp³-hybridized carbons (Fsp3) is 0.429. The molecule has 0 saturated carbocycles. The SMILES string of the molecule is CCCCC#Cc1cc(C#CCCCC)cc(C2=C(CCCC)C(CCCCC)=C(c3cc(C#CCCCC)cc(C#CCCCC)c3)[N+]2=[N-])c1.c1ccc(C[O][Pd][O]Cc2ccccc2)cc1. The summed E-state index contributed by atoms with van der Waals surface area (Å²) >= 11 is -0.109. The molecule has 1 aliphatic heterocycles. The van der Waals surface area contributed by atoms with E-state index in [0.717, 1.165) is 167 Å². The molecular formula is C63H76N2O2Pd. The van der Waals surface area contributed by atoms with Crippen LogP contribution >= 0.6 is 0 Å². The maximum absolute atomic E-state index is 12.5. The molecule has 0 atom stereocenters. The monoisotopic (exact) mass is 998 g/mol. The van der Waals surface area contributed by atoms with Crippen molar-refractivity contribution in [3.05, 3.63) is 158 Å². The van der Waals surface area contributed by atoms with Crippen LogP contribution < -0.4 is 0 Å². The van der Waals surface area contributed by atoms with E-state index in [1.165, 1.54) is 27.0 Å². The van der Waals surface area contributed by atoms with E-state index < -0.39 is 0 Å². The van der Waals surface area contributed by atoms with Gasteiger partial charge >= 0.3 is 111 Å². The van der Waals surface area contributed by atoms with Gasteiger partial charge in [0.2, 0.25) is 11.4 Å². The molecule has 5 rings (SSSR count). The van der Waals surface area contributed by atoms with Gasteiger partial charge < -0.3 is 5.53 Å². The van der Waals surface area contributed by atoms with Crippen LogP contribution in [0.3, 0.4) is 0 Å². The number of unbranched alkanes of at least 4 members (excludes halogenated alkanes) is 11. The van der Waals surface area contributed by atoms with Crippen LogP contribution in [0, 0.1) is 47.4 Å². The average molecular weight is 1000 g/mol. The second kappa shape index (κ2) is 34.1. The molecule has 0 aromatic heterocycles. The third kappa shape index (κ3) is 20.2. The van der Waals surface area contributed by atoms with Gasteiger partial charge in [0.15, 0.2) is 0 Å². The van der Waals surface area contributed by atoms with Crippen molar-refractivity contribution in [2.24, 2.45) is 0 Å². The van der Waals surface area contributed by atoms with E-state index in [9.17, 15) is 5.53 Å². The molecule has 0 unspecified atom stereocenters. The van der Waals surface area contributed by atoms with E-state index in [1.807, 2.05) is 60.7 Å². The van der Waals surface area contributed by atoms with Crippen LogP contribution in [0.1, 0.15) is 208 Å². The zero-order valence-corrected chi connectivity index (χ0v) is 43.7. The van der Waals surface area contributed by atoms with Crippen LogP contribution in [-0.4, -0.2) is 4.70 Å². The summed E-state index contributed by atoms with van der Waals surface area (Å²) in [6.07, 6.45) is 19.7. The summed E-state index contributed by atoms with van der Waals surface area (Å²) in [5, 5.41) is 0. The first-order chi connectivity index (χ1) is 33.5. The molecule has 1 heterocycles. The molecule has 0 spiro atoms. The summed E-state index contributed by atoms with van der Waals surface area (Å²) < 4.78 is 12.4. The number of nitrogens with zero attached hydrogens (tertiary/aromatic N) is 2. The number of hydrogen-bond acceptors (Lipinski definition) is 2. The topological polar surface area (TPSA) is 43.8 Å². The zero-order valence-electron chi connectivity index (χ0n) is 42.1. The number of hydrogen-bond donors (Lipinski definition) is 0. The summed E-state index contributed by atoms with van der Waals surface area (Å²) in [5.74, 6) is 27.3. The van der Waals surface area contributed by atoms with Gasteiger partial charge in [-0.1, -0.05) is 134 Å². The molecule has 0 N–H and O–H groups in total. The van der Waals surface area contributed by atoms with Crippen molar-refractivity contribution in [1.82, 2.24) is 0 Å². The second-order valence-corrected chi connectivity index (χ2v) is 18.4. The number of benzene rings is 4. The molecule has 0 amide bonds. The van der Waals surface area contributed by atoms with Crippen molar-refractivity contribution in [2.45, 2.75) is 177 Å². The van der Waals surface area contributed by atoms with Gasteiger partial charge in [-0.05, 0) is 87.8 Å². The Bertz CT molecular complexity index is 2340. The molecule has 5 heteroatoms. The second-order valence-electron chi connectivity index (χ2n) is 17.2. The Morgan fingerprint density at radius 1 is 0.426 bits per heavy atom. The Labute approximate surface area is 421 Å². The van der Waals surface area contributed by atoms with Crippen molar-refractivity contribution in [3.8, 4) is 47.4 Å². The first kappa shape index (κ1) is 55.4. The molecule has 4 aromatic rings. The first-order valence-corrected chi connectivity index (χ1v) is 26.9. The molecule has 0 saturated heterocycles. The molecule has 1 aliphatic rings. The van der Waals surface area contributed by atoms with E-state index >= 15 is 0 Å². The van der Waals surface area contributed by atoms with E-state index in [0.29, 0.717) is 13.2 Å². The van der Waals surface area contributed by atoms with E-state index in [1.54, 1.807) is 0 Å². The van der Waals surface area contributed by atoms with Crippen LogP contribution in [0.2, 0.25) is 0 Å². The molecule has 0 radical (unpaired) electrons. The zero-order chi connectivity index (χ0) is 48.4. The van der Waals surface area contributed by atoms with Crippen LogP contribution in [0.5, 0.6) is 0 Å². The minimum atomic E-state index is -0.109. The summed E-state index contributed by atoms with van der Waals surface area (Å²) in [6, 6.07) is 33.1. The predicted octanol–water partition coefficient (Wildman–Crippen LogP) is 17.1. The molecule has 0 bridgehead atoms. The maximum atomic E-state index is 12.5. The molecule has 360 valence electrons. The van der Waals surface area contributed by atoms with Gasteiger partial charge in [-0.25, -0.2) is 4.70 Å². The molecule has 0 fully saturated rings. The Kier molecular flexibility index (Phi) is 27.8. The molecule has 4 nitrogen and oxygen atoms in total. The minimum absolute atomic E-state index is 0.109. The molecular weight excluding hydrogens is 923 g/mol. The van der Waals surface area contributed by atoms with Crippen molar-refractivity contribution in [2.75, 3.05) is 0 Å². The molecule has 68 heavy (non-hydrogen) atoms. The summed E-state index contributed by atoms with van der Waals surface area (Å²) in [5.41, 5.74) is 24.8. The summed E-state index contributed by atoms with van der Waals surface area (Å²) in [4.78, 5) is 0. The summed E-state index contributed by atoms with van der Waals surface area (Å²) in [6.45, 7) is 14.5. The van der Waals surface area contributed by atoms with Crippen molar-refractivity contribution in [1.29, 1.82) is 0 Å². The average Bonchev–Trinajstić information content (AvgIpc) is 3.64. The van der Waals surface area contributed by atoms with Crippen LogP contribution in [0.25, 0.3) is 16.9 Å².